The molecule has 0 heterocycles. The highest BCUT2D eigenvalue weighted by Crippen LogP contribution is 2.30. The van der Waals surface area contributed by atoms with Gasteiger partial charge in [-0.3, -0.25) is 10.1 Å². The van der Waals surface area contributed by atoms with E-state index in [0.717, 1.165) is 11.0 Å². The van der Waals surface area contributed by atoms with Gasteiger partial charge in [-0.2, -0.15) is 0 Å². The fraction of sp³-hybridized carbons (Fsp3) is 0.455. The molecule has 1 saturated carbocycles. The molecule has 1 fully saturated rings. The standard InChI is InChI=1S/C11H13BrN2O2/c12-9-4-5-11(14(15)16)10(6-9)13-7-8-2-1-3-8/h4-6,8,13H,1-3,7H2. The zero-order valence-electron chi connectivity index (χ0n) is 8.78. The normalized spacial score (nSPS) is 15.6. The maximum atomic E-state index is 10.8. The van der Waals surface area contributed by atoms with Crippen LogP contribution in [0.1, 0.15) is 19.3 Å². The van der Waals surface area contributed by atoms with Crippen LogP contribution in [0.3, 0.4) is 0 Å². The van der Waals surface area contributed by atoms with E-state index in [1.807, 2.05) is 0 Å². The molecule has 0 aliphatic heterocycles. The Bertz CT molecular complexity index is 405. The number of hydrogen-bond acceptors (Lipinski definition) is 3. The van der Waals surface area contributed by atoms with Crippen molar-refractivity contribution in [3.63, 3.8) is 0 Å². The van der Waals surface area contributed by atoms with Crippen molar-refractivity contribution in [2.75, 3.05) is 11.9 Å². The summed E-state index contributed by atoms with van der Waals surface area (Å²) < 4.78 is 0.856. The first kappa shape index (κ1) is 11.4. The molecule has 1 aliphatic rings. The minimum absolute atomic E-state index is 0.141. The van der Waals surface area contributed by atoms with Crippen LogP contribution < -0.4 is 5.32 Å². The Morgan fingerprint density at radius 3 is 2.81 bits per heavy atom. The first-order valence-corrected chi connectivity index (χ1v) is 6.14. The zero-order chi connectivity index (χ0) is 11.5. The average Bonchev–Trinajstić information content (AvgIpc) is 2.14. The summed E-state index contributed by atoms with van der Waals surface area (Å²) in [5, 5.41) is 14.0. The number of rotatable bonds is 4. The molecule has 0 unspecified atom stereocenters. The molecule has 4 nitrogen and oxygen atoms in total. The van der Waals surface area contributed by atoms with Crippen LogP contribution in [0, 0.1) is 16.0 Å². The Hall–Kier alpha value is -1.10. The van der Waals surface area contributed by atoms with Gasteiger partial charge in [-0.1, -0.05) is 22.4 Å². The number of anilines is 1. The number of nitro benzene ring substituents is 1. The third-order valence-electron chi connectivity index (χ3n) is 2.96. The summed E-state index contributed by atoms with van der Waals surface area (Å²) in [6.07, 6.45) is 3.75. The number of hydrogen-bond donors (Lipinski definition) is 1. The topological polar surface area (TPSA) is 55.2 Å². The van der Waals surface area contributed by atoms with Crippen LogP contribution in [0.15, 0.2) is 22.7 Å². The lowest BCUT2D eigenvalue weighted by atomic mass is 9.85. The van der Waals surface area contributed by atoms with Crippen molar-refractivity contribution in [1.82, 2.24) is 0 Å². The molecule has 0 spiro atoms. The Kier molecular flexibility index (Phi) is 3.43. The summed E-state index contributed by atoms with van der Waals surface area (Å²) in [6.45, 7) is 0.831. The Labute approximate surface area is 102 Å². The number of benzene rings is 1. The summed E-state index contributed by atoms with van der Waals surface area (Å²) in [6, 6.07) is 4.97. The van der Waals surface area contributed by atoms with E-state index in [1.165, 1.54) is 25.3 Å². The highest BCUT2D eigenvalue weighted by atomic mass is 79.9. The van der Waals surface area contributed by atoms with E-state index in [9.17, 15) is 10.1 Å². The maximum absolute atomic E-state index is 10.8. The van der Waals surface area contributed by atoms with Gasteiger partial charge in [0.25, 0.3) is 5.69 Å². The van der Waals surface area contributed by atoms with E-state index in [2.05, 4.69) is 21.2 Å². The molecular formula is C11H13BrN2O2. The van der Waals surface area contributed by atoms with Crippen LogP contribution in [0.2, 0.25) is 0 Å². The third-order valence-corrected chi connectivity index (χ3v) is 3.45. The van der Waals surface area contributed by atoms with Crippen LogP contribution in [0.25, 0.3) is 0 Å². The van der Waals surface area contributed by atoms with Crippen molar-refractivity contribution >= 4 is 27.3 Å². The first-order valence-electron chi connectivity index (χ1n) is 5.34. The van der Waals surface area contributed by atoms with Crippen LogP contribution >= 0.6 is 15.9 Å². The fourth-order valence-corrected chi connectivity index (χ4v) is 2.12. The summed E-state index contributed by atoms with van der Waals surface area (Å²) in [7, 11) is 0. The van der Waals surface area contributed by atoms with Crippen LogP contribution in [0.5, 0.6) is 0 Å². The smallest absolute Gasteiger partial charge is 0.292 e. The van der Waals surface area contributed by atoms with E-state index >= 15 is 0 Å². The van der Waals surface area contributed by atoms with Crippen molar-refractivity contribution in [1.29, 1.82) is 0 Å². The molecule has 0 amide bonds. The third kappa shape index (κ3) is 2.52. The molecule has 0 saturated heterocycles. The van der Waals surface area contributed by atoms with Crippen molar-refractivity contribution in [2.24, 2.45) is 5.92 Å². The minimum Gasteiger partial charge on any atom is -0.379 e. The number of nitro groups is 1. The summed E-state index contributed by atoms with van der Waals surface area (Å²) >= 11 is 3.32. The largest absolute Gasteiger partial charge is 0.379 e. The molecule has 1 aliphatic carbocycles. The molecular weight excluding hydrogens is 272 g/mol. The Morgan fingerprint density at radius 2 is 2.25 bits per heavy atom. The number of nitrogens with one attached hydrogen (secondary N) is 1. The molecule has 0 radical (unpaired) electrons. The van der Waals surface area contributed by atoms with E-state index in [0.29, 0.717) is 11.6 Å². The Balaban J connectivity index is 2.09. The van der Waals surface area contributed by atoms with Gasteiger partial charge in [0.1, 0.15) is 5.69 Å². The number of nitrogens with zero attached hydrogens (tertiary/aromatic N) is 1. The van der Waals surface area contributed by atoms with Crippen LogP contribution in [0.4, 0.5) is 11.4 Å². The highest BCUT2D eigenvalue weighted by molar-refractivity contribution is 9.10. The monoisotopic (exact) mass is 284 g/mol. The quantitative estimate of drug-likeness (QED) is 0.679. The van der Waals surface area contributed by atoms with Crippen molar-refractivity contribution in [2.45, 2.75) is 19.3 Å². The SMILES string of the molecule is O=[N+]([O-])c1ccc(Br)cc1NCC1CCC1. The molecule has 0 bridgehead atoms. The lowest BCUT2D eigenvalue weighted by molar-refractivity contribution is -0.384. The minimum atomic E-state index is -0.352. The first-order chi connectivity index (χ1) is 7.66. The second-order valence-corrected chi connectivity index (χ2v) is 5.01. The molecule has 5 heteroatoms. The molecule has 2 rings (SSSR count). The lowest BCUT2D eigenvalue weighted by Gasteiger charge is -2.25. The predicted octanol–water partition coefficient (Wildman–Crippen LogP) is 3.57. The van der Waals surface area contributed by atoms with Crippen LogP contribution in [-0.4, -0.2) is 11.5 Å². The number of halogens is 1. The molecule has 1 aromatic carbocycles. The highest BCUT2D eigenvalue weighted by Gasteiger charge is 2.19. The van der Waals surface area contributed by atoms with Gasteiger partial charge in [0.05, 0.1) is 4.92 Å². The van der Waals surface area contributed by atoms with E-state index < -0.39 is 0 Å². The van der Waals surface area contributed by atoms with E-state index in [-0.39, 0.29) is 10.6 Å². The summed E-state index contributed by atoms with van der Waals surface area (Å²) in [5.41, 5.74) is 0.744. The summed E-state index contributed by atoms with van der Waals surface area (Å²) in [4.78, 5) is 10.5. The molecule has 86 valence electrons. The fourth-order valence-electron chi connectivity index (χ4n) is 1.76. The molecule has 1 aromatic rings. The second kappa shape index (κ2) is 4.82. The van der Waals surface area contributed by atoms with Gasteiger partial charge in [-0.15, -0.1) is 0 Å². The van der Waals surface area contributed by atoms with Gasteiger partial charge in [0, 0.05) is 17.1 Å². The molecule has 16 heavy (non-hydrogen) atoms. The van der Waals surface area contributed by atoms with Gasteiger partial charge in [0.2, 0.25) is 0 Å². The predicted molar refractivity (Wildman–Crippen MR) is 66.6 cm³/mol. The Morgan fingerprint density at radius 1 is 1.50 bits per heavy atom. The van der Waals surface area contributed by atoms with Gasteiger partial charge in [0.15, 0.2) is 0 Å². The van der Waals surface area contributed by atoms with Gasteiger partial charge < -0.3 is 5.32 Å². The van der Waals surface area contributed by atoms with Crippen molar-refractivity contribution in [3.8, 4) is 0 Å². The molecule has 0 aromatic heterocycles. The van der Waals surface area contributed by atoms with Gasteiger partial charge in [-0.05, 0) is 30.9 Å². The van der Waals surface area contributed by atoms with Crippen molar-refractivity contribution < 1.29 is 4.92 Å². The summed E-state index contributed by atoms with van der Waals surface area (Å²) in [5.74, 6) is 0.679. The average molecular weight is 285 g/mol. The zero-order valence-corrected chi connectivity index (χ0v) is 10.4. The van der Waals surface area contributed by atoms with Gasteiger partial charge in [-0.25, -0.2) is 0 Å². The lowest BCUT2D eigenvalue weighted by Crippen LogP contribution is -2.21. The van der Waals surface area contributed by atoms with Gasteiger partial charge >= 0.3 is 0 Å². The van der Waals surface area contributed by atoms with E-state index in [4.69, 9.17) is 0 Å². The second-order valence-electron chi connectivity index (χ2n) is 4.10. The van der Waals surface area contributed by atoms with E-state index in [1.54, 1.807) is 12.1 Å². The van der Waals surface area contributed by atoms with Crippen molar-refractivity contribution in [3.05, 3.63) is 32.8 Å². The molecule has 1 N–H and O–H groups in total. The molecule has 0 atom stereocenters. The maximum Gasteiger partial charge on any atom is 0.292 e. The van der Waals surface area contributed by atoms with Crippen LogP contribution in [-0.2, 0) is 0 Å².